The first-order chi connectivity index (χ1) is 8.11. The third-order valence-electron chi connectivity index (χ3n) is 1.95. The lowest BCUT2D eigenvalue weighted by Crippen LogP contribution is -2.19. The lowest BCUT2D eigenvalue weighted by Gasteiger charge is -2.07. The molecule has 0 aliphatic heterocycles. The monoisotopic (exact) mass is 256 g/mol. The summed E-state index contributed by atoms with van der Waals surface area (Å²) < 4.78 is 0. The summed E-state index contributed by atoms with van der Waals surface area (Å²) in [4.78, 5) is 11.5. The minimum absolute atomic E-state index is 0.148. The molecule has 94 valence electrons. The molecule has 0 spiro atoms. The van der Waals surface area contributed by atoms with Crippen LogP contribution in [-0.2, 0) is 4.79 Å². The van der Waals surface area contributed by atoms with Crippen molar-refractivity contribution in [2.45, 2.75) is 6.10 Å². The largest absolute Gasteiger partial charge is 0.399 e. The maximum absolute atomic E-state index is 11.5. The van der Waals surface area contributed by atoms with Crippen molar-refractivity contribution in [3.63, 3.8) is 0 Å². The second-order valence-electron chi connectivity index (χ2n) is 3.52. The summed E-state index contributed by atoms with van der Waals surface area (Å²) in [7, 11) is 0. The van der Waals surface area contributed by atoms with Crippen LogP contribution in [0.15, 0.2) is 24.3 Å². The van der Waals surface area contributed by atoms with Crippen molar-refractivity contribution < 1.29 is 15.0 Å². The highest BCUT2D eigenvalue weighted by atomic mass is 32.2. The molecule has 0 radical (unpaired) electrons. The molecule has 1 amide bonds. The topological polar surface area (TPSA) is 95.6 Å². The summed E-state index contributed by atoms with van der Waals surface area (Å²) in [5, 5.41) is 20.4. The van der Waals surface area contributed by atoms with Crippen LogP contribution < -0.4 is 11.1 Å². The number of carbonyl (C=O) groups is 1. The molecular weight excluding hydrogens is 240 g/mol. The molecule has 0 fully saturated rings. The molecule has 0 saturated heterocycles. The van der Waals surface area contributed by atoms with Gasteiger partial charge >= 0.3 is 0 Å². The number of aliphatic hydroxyl groups is 2. The number of carbonyl (C=O) groups excluding carboxylic acids is 1. The summed E-state index contributed by atoms with van der Waals surface area (Å²) in [5.41, 5.74) is 6.85. The average Bonchev–Trinajstić information content (AvgIpc) is 2.32. The second kappa shape index (κ2) is 7.16. The molecule has 5 N–H and O–H groups in total. The van der Waals surface area contributed by atoms with E-state index in [1.807, 2.05) is 0 Å². The number of amides is 1. The van der Waals surface area contributed by atoms with Gasteiger partial charge in [-0.15, -0.1) is 11.8 Å². The van der Waals surface area contributed by atoms with Gasteiger partial charge in [-0.3, -0.25) is 4.79 Å². The van der Waals surface area contributed by atoms with Gasteiger partial charge in [0.15, 0.2) is 0 Å². The normalized spacial score (nSPS) is 12.1. The van der Waals surface area contributed by atoms with Crippen molar-refractivity contribution in [3.8, 4) is 0 Å². The highest BCUT2D eigenvalue weighted by Gasteiger charge is 2.06. The highest BCUT2D eigenvalue weighted by Crippen LogP contribution is 2.11. The number of nitrogen functional groups attached to an aromatic ring is 1. The molecular formula is C11H16N2O3S. The number of hydrogen-bond donors (Lipinski definition) is 4. The van der Waals surface area contributed by atoms with Crippen LogP contribution in [0.1, 0.15) is 0 Å². The molecule has 1 aromatic rings. The summed E-state index contributed by atoms with van der Waals surface area (Å²) in [6.45, 7) is -0.285. The van der Waals surface area contributed by atoms with E-state index in [0.717, 1.165) is 0 Å². The smallest absolute Gasteiger partial charge is 0.234 e. The van der Waals surface area contributed by atoms with E-state index in [4.69, 9.17) is 15.9 Å². The molecule has 1 unspecified atom stereocenters. The van der Waals surface area contributed by atoms with E-state index in [-0.39, 0.29) is 18.3 Å². The van der Waals surface area contributed by atoms with E-state index in [9.17, 15) is 4.79 Å². The lowest BCUT2D eigenvalue weighted by molar-refractivity contribution is -0.113. The standard InChI is InChI=1S/C11H16N2O3S/c12-8-1-3-9(4-2-8)13-11(16)7-17-6-10(15)5-14/h1-4,10,14-15H,5-7,12H2,(H,13,16). The van der Waals surface area contributed by atoms with E-state index in [1.165, 1.54) is 11.8 Å². The van der Waals surface area contributed by atoms with Crippen molar-refractivity contribution in [1.82, 2.24) is 0 Å². The first-order valence-electron chi connectivity index (χ1n) is 5.14. The molecule has 0 aliphatic rings. The Bertz CT molecular complexity index is 356. The van der Waals surface area contributed by atoms with Crippen molar-refractivity contribution in [2.24, 2.45) is 0 Å². The van der Waals surface area contributed by atoms with Gasteiger partial charge in [0, 0.05) is 17.1 Å². The third-order valence-corrected chi connectivity index (χ3v) is 3.04. The summed E-state index contributed by atoms with van der Waals surface area (Å²) in [6, 6.07) is 6.86. The van der Waals surface area contributed by atoms with Gasteiger partial charge in [-0.1, -0.05) is 0 Å². The lowest BCUT2D eigenvalue weighted by atomic mass is 10.3. The van der Waals surface area contributed by atoms with Crippen LogP contribution in [0, 0.1) is 0 Å². The van der Waals surface area contributed by atoms with Crippen LogP contribution in [0.4, 0.5) is 11.4 Å². The summed E-state index contributed by atoms with van der Waals surface area (Å²) in [5.74, 6) is 0.428. The molecule has 5 nitrogen and oxygen atoms in total. The zero-order valence-electron chi connectivity index (χ0n) is 9.30. The second-order valence-corrected chi connectivity index (χ2v) is 4.55. The maximum Gasteiger partial charge on any atom is 0.234 e. The Morgan fingerprint density at radius 3 is 2.65 bits per heavy atom. The maximum atomic E-state index is 11.5. The zero-order valence-corrected chi connectivity index (χ0v) is 10.1. The number of nitrogens with two attached hydrogens (primary N) is 1. The van der Waals surface area contributed by atoms with Gasteiger partial charge in [0.25, 0.3) is 0 Å². The van der Waals surface area contributed by atoms with E-state index >= 15 is 0 Å². The van der Waals surface area contributed by atoms with Crippen LogP contribution in [0.25, 0.3) is 0 Å². The summed E-state index contributed by atoms with van der Waals surface area (Å²) in [6.07, 6.45) is -0.774. The van der Waals surface area contributed by atoms with Crippen LogP contribution in [0.2, 0.25) is 0 Å². The fourth-order valence-corrected chi connectivity index (χ4v) is 1.86. The fraction of sp³-hybridized carbons (Fsp3) is 0.364. The van der Waals surface area contributed by atoms with E-state index in [0.29, 0.717) is 17.1 Å². The van der Waals surface area contributed by atoms with Gasteiger partial charge in [-0.25, -0.2) is 0 Å². The zero-order chi connectivity index (χ0) is 12.7. The third kappa shape index (κ3) is 5.58. The minimum atomic E-state index is -0.774. The number of aliphatic hydroxyl groups excluding tert-OH is 2. The molecule has 0 aliphatic carbocycles. The Hall–Kier alpha value is -1.24. The van der Waals surface area contributed by atoms with Gasteiger partial charge in [0.1, 0.15) is 0 Å². The molecule has 0 saturated carbocycles. The van der Waals surface area contributed by atoms with Crippen LogP contribution >= 0.6 is 11.8 Å². The Kier molecular flexibility index (Phi) is 5.82. The first-order valence-corrected chi connectivity index (χ1v) is 6.29. The molecule has 1 aromatic carbocycles. The molecule has 1 rings (SSSR count). The fourth-order valence-electron chi connectivity index (χ4n) is 1.10. The van der Waals surface area contributed by atoms with E-state index in [1.54, 1.807) is 24.3 Å². The van der Waals surface area contributed by atoms with E-state index in [2.05, 4.69) is 5.32 Å². The van der Waals surface area contributed by atoms with Crippen molar-refractivity contribution in [2.75, 3.05) is 29.2 Å². The number of anilines is 2. The molecule has 0 heterocycles. The van der Waals surface area contributed by atoms with Crippen molar-refractivity contribution >= 4 is 29.0 Å². The predicted molar refractivity (Wildman–Crippen MR) is 69.9 cm³/mol. The molecule has 0 bridgehead atoms. The number of hydrogen-bond acceptors (Lipinski definition) is 5. The molecule has 1 atom stereocenters. The van der Waals surface area contributed by atoms with Gasteiger partial charge in [-0.2, -0.15) is 0 Å². The Labute approximate surface area is 104 Å². The van der Waals surface area contributed by atoms with Crippen molar-refractivity contribution in [1.29, 1.82) is 0 Å². The van der Waals surface area contributed by atoms with Gasteiger partial charge in [-0.05, 0) is 24.3 Å². The Morgan fingerprint density at radius 1 is 1.41 bits per heavy atom. The molecule has 17 heavy (non-hydrogen) atoms. The van der Waals surface area contributed by atoms with Gasteiger partial charge in [0.2, 0.25) is 5.91 Å². The Balaban J connectivity index is 2.27. The number of nitrogens with one attached hydrogen (secondary N) is 1. The predicted octanol–water partition coefficient (Wildman–Crippen LogP) is 0.294. The Morgan fingerprint density at radius 2 is 2.06 bits per heavy atom. The van der Waals surface area contributed by atoms with Crippen LogP contribution in [0.5, 0.6) is 0 Å². The van der Waals surface area contributed by atoms with Crippen LogP contribution in [0.3, 0.4) is 0 Å². The quantitative estimate of drug-likeness (QED) is 0.549. The minimum Gasteiger partial charge on any atom is -0.399 e. The van der Waals surface area contributed by atoms with Gasteiger partial charge < -0.3 is 21.3 Å². The average molecular weight is 256 g/mol. The SMILES string of the molecule is Nc1ccc(NC(=O)CSCC(O)CO)cc1. The van der Waals surface area contributed by atoms with E-state index < -0.39 is 6.10 Å². The summed E-state index contributed by atoms with van der Waals surface area (Å²) >= 11 is 1.27. The number of thioether (sulfide) groups is 1. The number of rotatable bonds is 6. The first kappa shape index (κ1) is 13.8. The van der Waals surface area contributed by atoms with Crippen LogP contribution in [-0.4, -0.2) is 40.3 Å². The highest BCUT2D eigenvalue weighted by molar-refractivity contribution is 8.00. The number of benzene rings is 1. The molecule has 0 aromatic heterocycles. The van der Waals surface area contributed by atoms with Crippen molar-refractivity contribution in [3.05, 3.63) is 24.3 Å². The molecule has 6 heteroatoms. The van der Waals surface area contributed by atoms with Gasteiger partial charge in [0.05, 0.1) is 18.5 Å².